The van der Waals surface area contributed by atoms with E-state index in [0.717, 1.165) is 19.4 Å². The molecule has 0 aliphatic carbocycles. The Morgan fingerprint density at radius 3 is 2.45 bits per heavy atom. The molecule has 1 fully saturated rings. The number of benzene rings is 1. The number of rotatable bonds is 3. The second-order valence-electron chi connectivity index (χ2n) is 5.40. The average Bonchev–Trinajstić information content (AvgIpc) is 2.53. The first-order valence-electron chi connectivity index (χ1n) is 6.75. The third-order valence-electron chi connectivity index (χ3n) is 3.37. The molecule has 1 aliphatic rings. The van der Waals surface area contributed by atoms with Crippen LogP contribution in [0.4, 0.5) is 0 Å². The second-order valence-corrected chi connectivity index (χ2v) is 5.40. The van der Waals surface area contributed by atoms with Crippen molar-refractivity contribution in [1.82, 2.24) is 10.6 Å². The second kappa shape index (κ2) is 9.32. The van der Waals surface area contributed by atoms with Crippen LogP contribution in [0.25, 0.3) is 0 Å². The first kappa shape index (κ1) is 19.4. The van der Waals surface area contributed by atoms with Crippen LogP contribution in [0.1, 0.15) is 38.3 Å². The summed E-state index contributed by atoms with van der Waals surface area (Å²) in [7, 11) is 0. The van der Waals surface area contributed by atoms with Crippen LogP contribution in [0, 0.1) is 5.92 Å². The Labute approximate surface area is 135 Å². The zero-order valence-electron chi connectivity index (χ0n) is 12.1. The normalized spacial score (nSPS) is 22.2. The maximum absolute atomic E-state index is 12.2. The molecule has 1 heterocycles. The lowest BCUT2D eigenvalue weighted by Crippen LogP contribution is -2.42. The highest BCUT2D eigenvalue weighted by Crippen LogP contribution is 2.19. The van der Waals surface area contributed by atoms with Crippen LogP contribution < -0.4 is 10.6 Å². The highest BCUT2D eigenvalue weighted by molar-refractivity contribution is 7.59. The van der Waals surface area contributed by atoms with Crippen molar-refractivity contribution in [2.45, 2.75) is 38.8 Å². The van der Waals surface area contributed by atoms with Crippen molar-refractivity contribution in [3.05, 3.63) is 35.9 Å². The van der Waals surface area contributed by atoms with Gasteiger partial charge in [-0.05, 0) is 30.9 Å². The van der Waals surface area contributed by atoms with Crippen molar-refractivity contribution in [1.29, 1.82) is 0 Å². The fraction of sp³-hybridized carbons (Fsp3) is 0.533. The van der Waals surface area contributed by atoms with Gasteiger partial charge in [-0.2, -0.15) is 27.0 Å². The van der Waals surface area contributed by atoms with Gasteiger partial charge in [0.05, 0.1) is 12.1 Å². The van der Waals surface area contributed by atoms with Gasteiger partial charge in [-0.3, -0.25) is 4.79 Å². The Hall–Kier alpha value is -0.650. The number of carbonyl (C=O) groups is 1. The lowest BCUT2D eigenvalue weighted by atomic mass is 10.0. The van der Waals surface area contributed by atoms with E-state index in [4.69, 9.17) is 0 Å². The standard InChI is InChI=1S/C15H22N2O.2H2S/c1-11(2)10-14-15(18)17-13(8-9-16-14)12-6-4-3-5-7-12;;/h3-7,11,13-14,16H,8-10H2,1-2H3,(H,17,18);2*1H2/t13-,14-;;/m0../s1. The van der Waals surface area contributed by atoms with Gasteiger partial charge in [-0.1, -0.05) is 44.2 Å². The van der Waals surface area contributed by atoms with E-state index in [0.29, 0.717) is 5.92 Å². The summed E-state index contributed by atoms with van der Waals surface area (Å²) in [5, 5.41) is 6.50. The van der Waals surface area contributed by atoms with Crippen LogP contribution in [-0.4, -0.2) is 18.5 Å². The summed E-state index contributed by atoms with van der Waals surface area (Å²) >= 11 is 0. The molecule has 20 heavy (non-hydrogen) atoms. The third kappa shape index (κ3) is 5.38. The summed E-state index contributed by atoms with van der Waals surface area (Å²) in [6.07, 6.45) is 1.84. The Morgan fingerprint density at radius 2 is 1.85 bits per heavy atom. The van der Waals surface area contributed by atoms with Crippen LogP contribution in [0.5, 0.6) is 0 Å². The number of carbonyl (C=O) groups excluding carboxylic acids is 1. The van der Waals surface area contributed by atoms with E-state index in [9.17, 15) is 4.79 Å². The van der Waals surface area contributed by atoms with Gasteiger partial charge >= 0.3 is 0 Å². The predicted molar refractivity (Wildman–Crippen MR) is 94.0 cm³/mol. The molecule has 2 rings (SSSR count). The van der Waals surface area contributed by atoms with E-state index < -0.39 is 0 Å². The van der Waals surface area contributed by atoms with Crippen molar-refractivity contribution in [3.8, 4) is 0 Å². The van der Waals surface area contributed by atoms with Gasteiger partial charge < -0.3 is 10.6 Å². The van der Waals surface area contributed by atoms with E-state index in [1.165, 1.54) is 5.56 Å². The first-order chi connectivity index (χ1) is 8.66. The third-order valence-corrected chi connectivity index (χ3v) is 3.37. The molecular weight excluding hydrogens is 288 g/mol. The highest BCUT2D eigenvalue weighted by atomic mass is 32.1. The molecule has 1 amide bonds. The molecule has 1 aromatic rings. The van der Waals surface area contributed by atoms with Crippen LogP contribution >= 0.6 is 27.0 Å². The van der Waals surface area contributed by atoms with Crippen molar-refractivity contribution in [3.63, 3.8) is 0 Å². The van der Waals surface area contributed by atoms with Gasteiger partial charge in [0.25, 0.3) is 0 Å². The molecule has 0 spiro atoms. The SMILES string of the molecule is CC(C)C[C@@H]1NCC[C@@H](c2ccccc2)NC1=O.S.S. The molecule has 2 N–H and O–H groups in total. The Kier molecular flexibility index (Phi) is 9.01. The van der Waals surface area contributed by atoms with Crippen LogP contribution in [-0.2, 0) is 4.79 Å². The van der Waals surface area contributed by atoms with Crippen molar-refractivity contribution < 1.29 is 4.79 Å². The minimum Gasteiger partial charge on any atom is -0.348 e. The van der Waals surface area contributed by atoms with Gasteiger partial charge in [-0.25, -0.2) is 0 Å². The molecule has 1 aromatic carbocycles. The molecule has 0 radical (unpaired) electrons. The molecule has 114 valence electrons. The van der Waals surface area contributed by atoms with Gasteiger partial charge in [0.1, 0.15) is 0 Å². The lowest BCUT2D eigenvalue weighted by Gasteiger charge is -2.18. The van der Waals surface area contributed by atoms with E-state index in [2.05, 4.69) is 36.6 Å². The number of hydrogen-bond acceptors (Lipinski definition) is 2. The Balaban J connectivity index is 0.00000180. The minimum atomic E-state index is -0.0429. The van der Waals surface area contributed by atoms with Crippen molar-refractivity contribution >= 4 is 32.9 Å². The number of nitrogens with one attached hydrogen (secondary N) is 2. The lowest BCUT2D eigenvalue weighted by molar-refractivity contribution is -0.123. The Bertz CT molecular complexity index is 398. The summed E-state index contributed by atoms with van der Waals surface area (Å²) in [5.41, 5.74) is 1.19. The molecular formula is C15H26N2OS2. The summed E-state index contributed by atoms with van der Waals surface area (Å²) in [5.74, 6) is 0.663. The van der Waals surface area contributed by atoms with Crippen molar-refractivity contribution in [2.75, 3.05) is 6.54 Å². The zero-order valence-corrected chi connectivity index (χ0v) is 14.1. The molecule has 0 saturated carbocycles. The molecule has 1 aliphatic heterocycles. The highest BCUT2D eigenvalue weighted by Gasteiger charge is 2.26. The first-order valence-corrected chi connectivity index (χ1v) is 6.75. The maximum Gasteiger partial charge on any atom is 0.237 e. The smallest absolute Gasteiger partial charge is 0.237 e. The zero-order chi connectivity index (χ0) is 13.0. The Morgan fingerprint density at radius 1 is 1.20 bits per heavy atom. The average molecular weight is 315 g/mol. The molecule has 5 heteroatoms. The molecule has 1 saturated heterocycles. The van der Waals surface area contributed by atoms with Gasteiger partial charge in [-0.15, -0.1) is 0 Å². The minimum absolute atomic E-state index is 0. The summed E-state index contributed by atoms with van der Waals surface area (Å²) in [6, 6.07) is 10.3. The van der Waals surface area contributed by atoms with Crippen molar-refractivity contribution in [2.24, 2.45) is 5.92 Å². The maximum atomic E-state index is 12.2. The van der Waals surface area contributed by atoms with E-state index in [1.54, 1.807) is 0 Å². The van der Waals surface area contributed by atoms with E-state index >= 15 is 0 Å². The molecule has 2 atom stereocenters. The number of hydrogen-bond donors (Lipinski definition) is 2. The topological polar surface area (TPSA) is 41.1 Å². The van der Waals surface area contributed by atoms with E-state index in [-0.39, 0.29) is 45.0 Å². The van der Waals surface area contributed by atoms with Crippen LogP contribution in [0.2, 0.25) is 0 Å². The molecule has 0 unspecified atom stereocenters. The summed E-state index contributed by atoms with van der Waals surface area (Å²) in [6.45, 7) is 5.18. The summed E-state index contributed by atoms with van der Waals surface area (Å²) < 4.78 is 0. The van der Waals surface area contributed by atoms with Gasteiger partial charge in [0.2, 0.25) is 5.91 Å². The molecule has 3 nitrogen and oxygen atoms in total. The van der Waals surface area contributed by atoms with E-state index in [1.807, 2.05) is 18.2 Å². The fourth-order valence-electron chi connectivity index (χ4n) is 2.44. The largest absolute Gasteiger partial charge is 0.348 e. The monoisotopic (exact) mass is 314 g/mol. The predicted octanol–water partition coefficient (Wildman–Crippen LogP) is 2.48. The fourth-order valence-corrected chi connectivity index (χ4v) is 2.44. The van der Waals surface area contributed by atoms with Crippen LogP contribution in [0.3, 0.4) is 0 Å². The molecule has 0 bridgehead atoms. The van der Waals surface area contributed by atoms with Gasteiger partial charge in [0.15, 0.2) is 0 Å². The number of amides is 1. The van der Waals surface area contributed by atoms with Crippen LogP contribution in [0.15, 0.2) is 30.3 Å². The quantitative estimate of drug-likeness (QED) is 0.900. The van der Waals surface area contributed by atoms with Gasteiger partial charge in [0, 0.05) is 0 Å². The molecule has 0 aromatic heterocycles. The summed E-state index contributed by atoms with van der Waals surface area (Å²) in [4.78, 5) is 12.2.